The second-order valence-electron chi connectivity index (χ2n) is 15.0. The number of unbranched alkanes of at least 4 members (excludes halogenated alkanes) is 16. The molecule has 4 atom stereocenters. The zero-order valence-corrected chi connectivity index (χ0v) is 40.2. The van der Waals surface area contributed by atoms with Crippen molar-refractivity contribution in [3.8, 4) is 0 Å². The predicted molar refractivity (Wildman–Crippen MR) is 237 cm³/mol. The molecule has 0 aromatic heterocycles. The summed E-state index contributed by atoms with van der Waals surface area (Å²) in [6.45, 7) is 6.94. The molecule has 0 aromatic rings. The minimum atomic E-state index is -4.33. The first-order valence-electron chi connectivity index (χ1n) is 23.0. The van der Waals surface area contributed by atoms with Crippen molar-refractivity contribution in [2.45, 2.75) is 194 Å². The molecule has 20 heteroatoms. The number of carbonyl (C=O) groups is 4. The number of rotatable bonds is 42. The maximum Gasteiger partial charge on any atom is 0.472 e. The van der Waals surface area contributed by atoms with Crippen LogP contribution in [0.15, 0.2) is 0 Å². The van der Waals surface area contributed by atoms with Crippen LogP contribution in [0.2, 0.25) is 0 Å². The van der Waals surface area contributed by atoms with Gasteiger partial charge in [0.15, 0.2) is 12.2 Å². The maximum atomic E-state index is 12.1. The van der Waals surface area contributed by atoms with Gasteiger partial charge in [-0.25, -0.2) is 9.13 Å². The van der Waals surface area contributed by atoms with Gasteiger partial charge < -0.3 is 40.2 Å². The van der Waals surface area contributed by atoms with E-state index in [4.69, 9.17) is 39.5 Å². The lowest BCUT2D eigenvalue weighted by molar-refractivity contribution is -0.161. The third-order valence-corrected chi connectivity index (χ3v) is 11.0. The van der Waals surface area contributed by atoms with Crippen molar-refractivity contribution in [2.75, 3.05) is 52.7 Å². The van der Waals surface area contributed by atoms with Crippen molar-refractivity contribution < 1.29 is 75.1 Å². The molecule has 6 N–H and O–H groups in total. The van der Waals surface area contributed by atoms with Gasteiger partial charge in [-0.1, -0.05) is 130 Å². The second-order valence-corrected chi connectivity index (χ2v) is 17.9. The molecule has 0 fully saturated rings. The van der Waals surface area contributed by atoms with Gasteiger partial charge in [0.2, 0.25) is 0 Å². The summed E-state index contributed by atoms with van der Waals surface area (Å²) in [6, 6.07) is 0. The van der Waals surface area contributed by atoms with Gasteiger partial charge in [0.25, 0.3) is 0 Å². The molecule has 0 saturated carbocycles. The number of nitrogens with two attached hydrogens (primary N) is 2. The Morgan fingerprint density at radius 1 is 0.419 bits per heavy atom. The highest BCUT2D eigenvalue weighted by atomic mass is 31.2. The number of carbonyl (C=O) groups excluding carboxylic acids is 4. The number of esters is 4. The number of phosphoric ester groups is 2. The molecule has 0 amide bonds. The Morgan fingerprint density at radius 2 is 0.694 bits per heavy atom. The molecule has 0 spiro atoms. The molecule has 62 heavy (non-hydrogen) atoms. The monoisotopic (exact) mass is 935 g/mol. The number of phosphoric acid groups is 2. The van der Waals surface area contributed by atoms with Gasteiger partial charge in [-0.15, -0.1) is 0 Å². The van der Waals surface area contributed by atoms with Crippen LogP contribution in [0.5, 0.6) is 0 Å². The molecular weight excluding hydrogens is 850 g/mol. The Balaban J connectivity index is 0. The number of ether oxygens (including phenoxy) is 4. The average Bonchev–Trinajstić information content (AvgIpc) is 3.24. The lowest BCUT2D eigenvalue weighted by Gasteiger charge is -2.19. The summed E-state index contributed by atoms with van der Waals surface area (Å²) in [5.41, 5.74) is 10.5. The summed E-state index contributed by atoms with van der Waals surface area (Å²) in [4.78, 5) is 67.3. The van der Waals surface area contributed by atoms with E-state index in [1.54, 1.807) is 0 Å². The van der Waals surface area contributed by atoms with E-state index in [-0.39, 0.29) is 65.2 Å². The fourth-order valence-corrected chi connectivity index (χ4v) is 7.03. The van der Waals surface area contributed by atoms with E-state index in [1.807, 2.05) is 0 Å². The topological polar surface area (TPSA) is 269 Å². The van der Waals surface area contributed by atoms with E-state index in [2.05, 4.69) is 36.7 Å². The molecule has 18 nitrogen and oxygen atoms in total. The van der Waals surface area contributed by atoms with Crippen molar-refractivity contribution in [3.63, 3.8) is 0 Å². The minimum absolute atomic E-state index is 0.0558. The van der Waals surface area contributed by atoms with Gasteiger partial charge in [0.05, 0.1) is 26.4 Å². The van der Waals surface area contributed by atoms with Crippen LogP contribution in [-0.4, -0.2) is 98.6 Å². The first kappa shape index (κ1) is 62.1. The van der Waals surface area contributed by atoms with Crippen molar-refractivity contribution in [3.05, 3.63) is 0 Å². The molecule has 0 saturated heterocycles. The molecular formula is C42H84N2O16P2. The van der Waals surface area contributed by atoms with Gasteiger partial charge in [0.1, 0.15) is 13.2 Å². The highest BCUT2D eigenvalue weighted by molar-refractivity contribution is 7.47. The first-order valence-corrected chi connectivity index (χ1v) is 26.0. The highest BCUT2D eigenvalue weighted by Gasteiger charge is 2.27. The smallest absolute Gasteiger partial charge is 0.462 e. The molecule has 0 rings (SSSR count). The summed E-state index contributed by atoms with van der Waals surface area (Å²) in [7, 11) is -8.66. The van der Waals surface area contributed by atoms with E-state index < -0.39 is 64.9 Å². The standard InChI is InChI=1S/2C21H42NO8P/c2*1-3-5-7-9-11-13-20(23)27-17-19(18-29-31(25,26)28-16-15-22)30-21(24)14-12-10-8-6-4-2/h2*19H,3-18,22H2,1-2H3,(H,25,26)/t2*19-/m11/s1. The molecule has 368 valence electrons. The Bertz CT molecular complexity index is 1130. The first-order chi connectivity index (χ1) is 29.7. The quantitative estimate of drug-likeness (QED) is 0.0193. The van der Waals surface area contributed by atoms with Crippen LogP contribution >= 0.6 is 15.6 Å². The van der Waals surface area contributed by atoms with Crippen LogP contribution in [0.1, 0.15) is 182 Å². The zero-order chi connectivity index (χ0) is 46.7. The summed E-state index contributed by atoms with van der Waals surface area (Å²) in [5.74, 6) is -1.72. The highest BCUT2D eigenvalue weighted by Crippen LogP contribution is 2.43. The minimum Gasteiger partial charge on any atom is -0.462 e. The van der Waals surface area contributed by atoms with E-state index in [0.717, 1.165) is 116 Å². The Labute approximate surface area is 372 Å². The van der Waals surface area contributed by atoms with E-state index in [0.29, 0.717) is 12.8 Å². The van der Waals surface area contributed by atoms with Crippen molar-refractivity contribution in [1.29, 1.82) is 0 Å². The summed E-state index contributed by atoms with van der Waals surface area (Å²) in [6.07, 6.45) is 18.9. The lowest BCUT2D eigenvalue weighted by Crippen LogP contribution is -2.29. The fraction of sp³-hybridized carbons (Fsp3) is 0.905. The van der Waals surface area contributed by atoms with E-state index in [1.165, 1.54) is 0 Å². The third kappa shape index (κ3) is 43.3. The van der Waals surface area contributed by atoms with Gasteiger partial charge in [-0.2, -0.15) is 0 Å². The molecule has 0 radical (unpaired) electrons. The molecule has 0 aromatic carbocycles. The molecule has 0 aliphatic carbocycles. The maximum absolute atomic E-state index is 12.1. The van der Waals surface area contributed by atoms with E-state index >= 15 is 0 Å². The lowest BCUT2D eigenvalue weighted by atomic mass is 10.1. The third-order valence-electron chi connectivity index (χ3n) is 8.99. The predicted octanol–water partition coefficient (Wildman–Crippen LogP) is 8.51. The summed E-state index contributed by atoms with van der Waals surface area (Å²) < 4.78 is 63.7. The molecule has 0 aliphatic rings. The van der Waals surface area contributed by atoms with Crippen molar-refractivity contribution >= 4 is 39.5 Å². The van der Waals surface area contributed by atoms with Crippen LogP contribution < -0.4 is 11.5 Å². The van der Waals surface area contributed by atoms with Crippen LogP contribution in [0, 0.1) is 0 Å². The normalized spacial score (nSPS) is 14.1. The van der Waals surface area contributed by atoms with Crippen LogP contribution in [0.3, 0.4) is 0 Å². The van der Waals surface area contributed by atoms with Gasteiger partial charge in [-0.3, -0.25) is 37.3 Å². The van der Waals surface area contributed by atoms with Crippen molar-refractivity contribution in [2.24, 2.45) is 11.5 Å². The Kier molecular flexibility index (Phi) is 43.0. The summed E-state index contributed by atoms with van der Waals surface area (Å²) >= 11 is 0. The zero-order valence-electron chi connectivity index (χ0n) is 38.4. The average molecular weight is 935 g/mol. The van der Waals surface area contributed by atoms with Gasteiger partial charge in [0, 0.05) is 38.8 Å². The molecule has 2 unspecified atom stereocenters. The van der Waals surface area contributed by atoms with Gasteiger partial charge >= 0.3 is 39.5 Å². The molecule has 0 aliphatic heterocycles. The van der Waals surface area contributed by atoms with Gasteiger partial charge in [-0.05, 0) is 25.7 Å². The Morgan fingerprint density at radius 3 is 0.968 bits per heavy atom. The van der Waals surface area contributed by atoms with Crippen LogP contribution in [-0.2, 0) is 65.4 Å². The second kappa shape index (κ2) is 42.9. The van der Waals surface area contributed by atoms with Crippen LogP contribution in [0.4, 0.5) is 0 Å². The van der Waals surface area contributed by atoms with Crippen molar-refractivity contribution in [1.82, 2.24) is 0 Å². The molecule has 0 heterocycles. The van der Waals surface area contributed by atoms with E-state index in [9.17, 15) is 38.1 Å². The summed E-state index contributed by atoms with van der Waals surface area (Å²) in [5, 5.41) is 0. The fourth-order valence-electron chi connectivity index (χ4n) is 5.49. The SMILES string of the molecule is CCCCCCCC(=O)OC[C@H](COP(=O)(O)OCCN)OC(=O)CCCCCCC.CCCCCCCC(=O)OC[C@H](COP(=O)(O)OCCN)OC(=O)CCCCCCC. The number of hydrogen-bond donors (Lipinski definition) is 4. The largest absolute Gasteiger partial charge is 0.472 e. The Hall–Kier alpha value is -1.98. The molecule has 0 bridgehead atoms. The van der Waals surface area contributed by atoms with Crippen LogP contribution in [0.25, 0.3) is 0 Å². The number of hydrogen-bond acceptors (Lipinski definition) is 16.